The van der Waals surface area contributed by atoms with Crippen LogP contribution in [0.15, 0.2) is 30.3 Å². The van der Waals surface area contributed by atoms with E-state index in [0.717, 1.165) is 18.4 Å². The molecule has 0 heterocycles. The standard InChI is InChI=1S/C14H19NO4S/c1-2-19-14(16)10-15(13-8-9-13)20(17,18)11-12-6-4-3-5-7-12/h3-7,13H,2,8-11H2,1H3. The van der Waals surface area contributed by atoms with E-state index in [1.54, 1.807) is 31.2 Å². The number of hydrogen-bond donors (Lipinski definition) is 0. The minimum absolute atomic E-state index is 0.0480. The van der Waals surface area contributed by atoms with Gasteiger partial charge in [0, 0.05) is 6.04 Å². The molecule has 6 heteroatoms. The zero-order valence-electron chi connectivity index (χ0n) is 11.5. The van der Waals surface area contributed by atoms with Crippen LogP contribution in [0.2, 0.25) is 0 Å². The Morgan fingerprint density at radius 3 is 2.50 bits per heavy atom. The van der Waals surface area contributed by atoms with Gasteiger partial charge >= 0.3 is 5.97 Å². The van der Waals surface area contributed by atoms with E-state index < -0.39 is 16.0 Å². The van der Waals surface area contributed by atoms with Crippen molar-refractivity contribution in [3.8, 4) is 0 Å². The molecule has 1 aromatic carbocycles. The van der Waals surface area contributed by atoms with E-state index in [4.69, 9.17) is 4.74 Å². The highest BCUT2D eigenvalue weighted by Crippen LogP contribution is 2.30. The number of ether oxygens (including phenoxy) is 1. The van der Waals surface area contributed by atoms with Gasteiger partial charge in [-0.15, -0.1) is 0 Å². The quantitative estimate of drug-likeness (QED) is 0.716. The number of benzene rings is 1. The summed E-state index contributed by atoms with van der Waals surface area (Å²) in [4.78, 5) is 11.6. The van der Waals surface area contributed by atoms with Crippen LogP contribution in [0.3, 0.4) is 0 Å². The Balaban J connectivity index is 2.09. The van der Waals surface area contributed by atoms with Crippen LogP contribution in [0.1, 0.15) is 25.3 Å². The molecule has 0 amide bonds. The lowest BCUT2D eigenvalue weighted by Gasteiger charge is -2.20. The minimum Gasteiger partial charge on any atom is -0.465 e. The number of rotatable bonds is 7. The molecule has 20 heavy (non-hydrogen) atoms. The molecule has 0 aromatic heterocycles. The Morgan fingerprint density at radius 2 is 1.95 bits per heavy atom. The number of hydrogen-bond acceptors (Lipinski definition) is 4. The normalized spacial score (nSPS) is 15.3. The van der Waals surface area contributed by atoms with Crippen LogP contribution >= 0.6 is 0 Å². The van der Waals surface area contributed by atoms with E-state index >= 15 is 0 Å². The molecule has 0 atom stereocenters. The van der Waals surface area contributed by atoms with Crippen molar-refractivity contribution in [2.45, 2.75) is 31.6 Å². The largest absolute Gasteiger partial charge is 0.465 e. The van der Waals surface area contributed by atoms with Gasteiger partial charge in [0.25, 0.3) is 0 Å². The molecule has 0 unspecified atom stereocenters. The van der Waals surface area contributed by atoms with Gasteiger partial charge in [0.2, 0.25) is 10.0 Å². The highest BCUT2D eigenvalue weighted by atomic mass is 32.2. The molecule has 5 nitrogen and oxygen atoms in total. The Hall–Kier alpha value is -1.40. The second-order valence-corrected chi connectivity index (χ2v) is 6.74. The third-order valence-electron chi connectivity index (χ3n) is 3.09. The average molecular weight is 297 g/mol. The maximum absolute atomic E-state index is 12.4. The summed E-state index contributed by atoms with van der Waals surface area (Å²) in [6.07, 6.45) is 1.63. The molecule has 0 radical (unpaired) electrons. The van der Waals surface area contributed by atoms with Crippen molar-refractivity contribution < 1.29 is 17.9 Å². The van der Waals surface area contributed by atoms with Gasteiger partial charge in [-0.3, -0.25) is 4.79 Å². The van der Waals surface area contributed by atoms with Crippen LogP contribution in [0.4, 0.5) is 0 Å². The van der Waals surface area contributed by atoms with Crippen LogP contribution in [-0.4, -0.2) is 37.9 Å². The Bertz CT molecular complexity index is 552. The smallest absolute Gasteiger partial charge is 0.321 e. The van der Waals surface area contributed by atoms with Gasteiger partial charge in [-0.2, -0.15) is 4.31 Å². The Kier molecular flexibility index (Phi) is 4.77. The first-order chi connectivity index (χ1) is 9.53. The fourth-order valence-corrected chi connectivity index (χ4v) is 3.77. The number of esters is 1. The molecule has 0 aliphatic heterocycles. The first-order valence-electron chi connectivity index (χ1n) is 6.72. The molecule has 1 saturated carbocycles. The van der Waals surface area contributed by atoms with E-state index in [1.165, 1.54) is 4.31 Å². The van der Waals surface area contributed by atoms with Gasteiger partial charge in [0.05, 0.1) is 12.4 Å². The zero-order chi connectivity index (χ0) is 14.6. The number of carbonyl (C=O) groups is 1. The molecule has 110 valence electrons. The number of carbonyl (C=O) groups excluding carboxylic acids is 1. The summed E-state index contributed by atoms with van der Waals surface area (Å²) in [6, 6.07) is 8.94. The fourth-order valence-electron chi connectivity index (χ4n) is 2.02. The van der Waals surface area contributed by atoms with Crippen molar-refractivity contribution in [3.05, 3.63) is 35.9 Å². The highest BCUT2D eigenvalue weighted by Gasteiger charge is 2.38. The van der Waals surface area contributed by atoms with Gasteiger partial charge in [-0.1, -0.05) is 30.3 Å². The van der Waals surface area contributed by atoms with Crippen LogP contribution in [-0.2, 0) is 25.3 Å². The van der Waals surface area contributed by atoms with Crippen molar-refractivity contribution in [1.29, 1.82) is 0 Å². The lowest BCUT2D eigenvalue weighted by Crippen LogP contribution is -2.38. The monoisotopic (exact) mass is 297 g/mol. The van der Waals surface area contributed by atoms with Crippen molar-refractivity contribution in [1.82, 2.24) is 4.31 Å². The second-order valence-electron chi connectivity index (χ2n) is 4.82. The first-order valence-corrected chi connectivity index (χ1v) is 8.33. The van der Waals surface area contributed by atoms with E-state index in [0.29, 0.717) is 0 Å². The summed E-state index contributed by atoms with van der Waals surface area (Å²) in [5.41, 5.74) is 0.724. The Labute approximate surface area is 119 Å². The predicted molar refractivity (Wildman–Crippen MR) is 75.4 cm³/mol. The van der Waals surface area contributed by atoms with Gasteiger partial charge in [0.1, 0.15) is 6.54 Å². The molecule has 1 fully saturated rings. The van der Waals surface area contributed by atoms with Gasteiger partial charge in [-0.05, 0) is 25.3 Å². The first kappa shape index (κ1) is 15.0. The summed E-state index contributed by atoms with van der Waals surface area (Å²) in [5, 5.41) is 0. The molecule has 0 N–H and O–H groups in total. The molecule has 0 saturated heterocycles. The fraction of sp³-hybridized carbons (Fsp3) is 0.500. The SMILES string of the molecule is CCOC(=O)CN(C1CC1)S(=O)(=O)Cc1ccccc1. The summed E-state index contributed by atoms with van der Waals surface area (Å²) in [6.45, 7) is 1.78. The summed E-state index contributed by atoms with van der Waals surface area (Å²) >= 11 is 0. The number of nitrogens with zero attached hydrogens (tertiary/aromatic N) is 1. The lowest BCUT2D eigenvalue weighted by atomic mass is 10.2. The predicted octanol–water partition coefficient (Wildman–Crippen LogP) is 1.54. The summed E-state index contributed by atoms with van der Waals surface area (Å²) < 4.78 is 31.0. The van der Waals surface area contributed by atoms with Crippen molar-refractivity contribution >= 4 is 16.0 Å². The van der Waals surface area contributed by atoms with Crippen LogP contribution in [0, 0.1) is 0 Å². The van der Waals surface area contributed by atoms with Crippen molar-refractivity contribution in [2.75, 3.05) is 13.2 Å². The van der Waals surface area contributed by atoms with Gasteiger partial charge in [0.15, 0.2) is 0 Å². The van der Waals surface area contributed by atoms with E-state index in [2.05, 4.69) is 0 Å². The van der Waals surface area contributed by atoms with Gasteiger partial charge < -0.3 is 4.74 Å². The van der Waals surface area contributed by atoms with Gasteiger partial charge in [-0.25, -0.2) is 8.42 Å². The molecule has 0 bridgehead atoms. The molecule has 2 rings (SSSR count). The topological polar surface area (TPSA) is 63.7 Å². The van der Waals surface area contributed by atoms with Crippen LogP contribution in [0.25, 0.3) is 0 Å². The molecular formula is C14H19NO4S. The maximum atomic E-state index is 12.4. The van der Waals surface area contributed by atoms with E-state index in [-0.39, 0.29) is 24.9 Å². The molecule has 1 aliphatic carbocycles. The van der Waals surface area contributed by atoms with E-state index in [1.807, 2.05) is 6.07 Å². The average Bonchev–Trinajstić information content (AvgIpc) is 3.21. The zero-order valence-corrected chi connectivity index (χ0v) is 12.3. The van der Waals surface area contributed by atoms with Crippen LogP contribution < -0.4 is 0 Å². The second kappa shape index (κ2) is 6.37. The summed E-state index contributed by atoms with van der Waals surface area (Å²) in [7, 11) is -3.49. The number of sulfonamides is 1. The molecular weight excluding hydrogens is 278 g/mol. The van der Waals surface area contributed by atoms with Crippen molar-refractivity contribution in [3.63, 3.8) is 0 Å². The molecule has 0 spiro atoms. The van der Waals surface area contributed by atoms with E-state index in [9.17, 15) is 13.2 Å². The third kappa shape index (κ3) is 4.05. The molecule has 1 aromatic rings. The Morgan fingerprint density at radius 1 is 1.30 bits per heavy atom. The van der Waals surface area contributed by atoms with Crippen LogP contribution in [0.5, 0.6) is 0 Å². The maximum Gasteiger partial charge on any atom is 0.321 e. The third-order valence-corrected chi connectivity index (χ3v) is 4.93. The highest BCUT2D eigenvalue weighted by molar-refractivity contribution is 7.88. The van der Waals surface area contributed by atoms with Crippen molar-refractivity contribution in [2.24, 2.45) is 0 Å². The minimum atomic E-state index is -3.49. The molecule has 1 aliphatic rings. The lowest BCUT2D eigenvalue weighted by molar-refractivity contribution is -0.143. The summed E-state index contributed by atoms with van der Waals surface area (Å²) in [5.74, 6) is -0.569.